The average molecular weight is 361 g/mol. The molecule has 2 heterocycles. The van der Waals surface area contributed by atoms with Crippen LogP contribution in [0.2, 0.25) is 0 Å². The van der Waals surface area contributed by atoms with Crippen molar-refractivity contribution in [2.75, 3.05) is 13.1 Å². The van der Waals surface area contributed by atoms with E-state index in [0.29, 0.717) is 18.3 Å². The molecule has 1 unspecified atom stereocenters. The summed E-state index contributed by atoms with van der Waals surface area (Å²) in [5, 5.41) is 4.16. The van der Waals surface area contributed by atoms with Crippen LogP contribution in [0.3, 0.4) is 0 Å². The maximum absolute atomic E-state index is 12.9. The van der Waals surface area contributed by atoms with Gasteiger partial charge in [-0.1, -0.05) is 47.1 Å². The molecule has 1 atom stereocenters. The quantitative estimate of drug-likeness (QED) is 0.695. The van der Waals surface area contributed by atoms with E-state index in [1.165, 1.54) is 0 Å². The van der Waals surface area contributed by atoms with Crippen molar-refractivity contribution in [3.8, 4) is 11.4 Å². The van der Waals surface area contributed by atoms with E-state index < -0.39 is 0 Å². The predicted octanol–water partition coefficient (Wildman–Crippen LogP) is 4.37. The molecule has 0 spiro atoms. The zero-order valence-corrected chi connectivity index (χ0v) is 15.7. The molecule has 0 bridgehead atoms. The van der Waals surface area contributed by atoms with Gasteiger partial charge in [-0.2, -0.15) is 4.98 Å². The number of amides is 1. The summed E-state index contributed by atoms with van der Waals surface area (Å²) in [4.78, 5) is 19.4. The predicted molar refractivity (Wildman–Crippen MR) is 104 cm³/mol. The first-order valence-electron chi connectivity index (χ1n) is 9.37. The highest BCUT2D eigenvalue weighted by Gasteiger charge is 2.29. The fraction of sp³-hybridized carbons (Fsp3) is 0.318. The van der Waals surface area contributed by atoms with Gasteiger partial charge in [0.25, 0.3) is 5.91 Å². The Morgan fingerprint density at radius 2 is 2.00 bits per heavy atom. The highest BCUT2D eigenvalue weighted by atomic mass is 16.5. The minimum Gasteiger partial charge on any atom is -0.339 e. The number of carbonyl (C=O) groups is 1. The molecule has 1 saturated heterocycles. The van der Waals surface area contributed by atoms with Crippen molar-refractivity contribution in [2.24, 2.45) is 0 Å². The van der Waals surface area contributed by atoms with E-state index in [9.17, 15) is 4.79 Å². The Bertz CT molecular complexity index is 963. The lowest BCUT2D eigenvalue weighted by molar-refractivity contribution is 0.0695. The summed E-state index contributed by atoms with van der Waals surface area (Å²) in [5.41, 5.74) is 3.88. The number of rotatable bonds is 3. The van der Waals surface area contributed by atoms with Crippen LogP contribution in [0.15, 0.2) is 53.1 Å². The van der Waals surface area contributed by atoms with E-state index in [0.717, 1.165) is 41.6 Å². The number of aromatic nitrogens is 2. The normalized spacial score (nSPS) is 17.1. The molecule has 0 saturated carbocycles. The molecule has 27 heavy (non-hydrogen) atoms. The van der Waals surface area contributed by atoms with Gasteiger partial charge in [-0.15, -0.1) is 0 Å². The number of likely N-dealkylation sites (tertiary alicyclic amines) is 1. The van der Waals surface area contributed by atoms with Crippen LogP contribution in [0.25, 0.3) is 11.4 Å². The fourth-order valence-corrected chi connectivity index (χ4v) is 3.65. The summed E-state index contributed by atoms with van der Waals surface area (Å²) in [6, 6.07) is 15.8. The second kappa shape index (κ2) is 7.35. The summed E-state index contributed by atoms with van der Waals surface area (Å²) in [6.45, 7) is 5.40. The second-order valence-corrected chi connectivity index (χ2v) is 7.23. The van der Waals surface area contributed by atoms with Gasteiger partial charge in [-0.05, 0) is 44.4 Å². The van der Waals surface area contributed by atoms with E-state index in [4.69, 9.17) is 4.52 Å². The van der Waals surface area contributed by atoms with Crippen LogP contribution in [-0.4, -0.2) is 34.0 Å². The first kappa shape index (κ1) is 17.5. The van der Waals surface area contributed by atoms with Crippen LogP contribution >= 0.6 is 0 Å². The van der Waals surface area contributed by atoms with E-state index in [-0.39, 0.29) is 11.8 Å². The molecule has 4 rings (SSSR count). The maximum Gasteiger partial charge on any atom is 0.254 e. The molecule has 2 aromatic carbocycles. The van der Waals surface area contributed by atoms with Crippen molar-refractivity contribution in [3.05, 3.63) is 71.1 Å². The van der Waals surface area contributed by atoms with Crippen LogP contribution in [0, 0.1) is 13.8 Å². The smallest absolute Gasteiger partial charge is 0.254 e. The molecule has 1 aliphatic heterocycles. The summed E-state index contributed by atoms with van der Waals surface area (Å²) < 4.78 is 5.56. The molecule has 0 N–H and O–H groups in total. The molecule has 5 heteroatoms. The standard InChI is InChI=1S/C22H23N3O2/c1-15-7-5-9-17(13-15)20-23-21(27-24-20)18-10-6-12-25(14-18)22(26)19-11-4-3-8-16(19)2/h3-5,7-9,11,13,18H,6,10,12,14H2,1-2H3. The largest absolute Gasteiger partial charge is 0.339 e. The lowest BCUT2D eigenvalue weighted by Gasteiger charge is -2.31. The van der Waals surface area contributed by atoms with E-state index in [1.807, 2.05) is 67.3 Å². The Hall–Kier alpha value is -2.95. The maximum atomic E-state index is 12.9. The van der Waals surface area contributed by atoms with Crippen molar-refractivity contribution in [2.45, 2.75) is 32.6 Å². The monoisotopic (exact) mass is 361 g/mol. The molecule has 5 nitrogen and oxygen atoms in total. The van der Waals surface area contributed by atoms with Gasteiger partial charge in [0.15, 0.2) is 0 Å². The first-order chi connectivity index (χ1) is 13.1. The van der Waals surface area contributed by atoms with Crippen LogP contribution in [0.5, 0.6) is 0 Å². The van der Waals surface area contributed by atoms with E-state index in [2.05, 4.69) is 10.1 Å². The first-order valence-corrected chi connectivity index (χ1v) is 9.37. The van der Waals surface area contributed by atoms with Crippen molar-refractivity contribution >= 4 is 5.91 Å². The Kier molecular flexibility index (Phi) is 4.75. The molecule has 1 aliphatic rings. The summed E-state index contributed by atoms with van der Waals surface area (Å²) in [6.07, 6.45) is 1.89. The van der Waals surface area contributed by atoms with Crippen molar-refractivity contribution < 1.29 is 9.32 Å². The Morgan fingerprint density at radius 1 is 1.15 bits per heavy atom. The van der Waals surface area contributed by atoms with Crippen LogP contribution in [-0.2, 0) is 0 Å². The number of carbonyl (C=O) groups excluding carboxylic acids is 1. The highest BCUT2D eigenvalue weighted by Crippen LogP contribution is 2.29. The SMILES string of the molecule is Cc1cccc(-c2noc(C3CCCN(C(=O)c4ccccc4C)C3)n2)c1. The lowest BCUT2D eigenvalue weighted by Crippen LogP contribution is -2.39. The van der Waals surface area contributed by atoms with Gasteiger partial charge in [-0.3, -0.25) is 4.79 Å². The van der Waals surface area contributed by atoms with Gasteiger partial charge in [-0.25, -0.2) is 0 Å². The number of aryl methyl sites for hydroxylation is 2. The van der Waals surface area contributed by atoms with E-state index in [1.54, 1.807) is 0 Å². The van der Waals surface area contributed by atoms with Gasteiger partial charge in [0.2, 0.25) is 11.7 Å². The average Bonchev–Trinajstić information content (AvgIpc) is 3.18. The molecule has 3 aromatic rings. The summed E-state index contributed by atoms with van der Waals surface area (Å²) in [7, 11) is 0. The third-order valence-electron chi connectivity index (χ3n) is 5.15. The molecule has 0 aliphatic carbocycles. The van der Waals surface area contributed by atoms with Crippen molar-refractivity contribution in [1.29, 1.82) is 0 Å². The Morgan fingerprint density at radius 3 is 2.81 bits per heavy atom. The summed E-state index contributed by atoms with van der Waals surface area (Å²) >= 11 is 0. The van der Waals surface area contributed by atoms with Gasteiger partial charge in [0, 0.05) is 24.2 Å². The molecule has 1 aromatic heterocycles. The van der Waals surface area contributed by atoms with Crippen LogP contribution in [0.1, 0.15) is 46.1 Å². The fourth-order valence-electron chi connectivity index (χ4n) is 3.65. The molecular weight excluding hydrogens is 338 g/mol. The highest BCUT2D eigenvalue weighted by molar-refractivity contribution is 5.95. The zero-order chi connectivity index (χ0) is 18.8. The number of hydrogen-bond acceptors (Lipinski definition) is 4. The lowest BCUT2D eigenvalue weighted by atomic mass is 9.96. The van der Waals surface area contributed by atoms with Gasteiger partial charge in [0.05, 0.1) is 5.92 Å². The van der Waals surface area contributed by atoms with Crippen LogP contribution < -0.4 is 0 Å². The molecule has 1 amide bonds. The minimum absolute atomic E-state index is 0.0798. The third kappa shape index (κ3) is 3.63. The molecular formula is C22H23N3O2. The minimum atomic E-state index is 0.0798. The van der Waals surface area contributed by atoms with Gasteiger partial charge in [0.1, 0.15) is 0 Å². The molecule has 138 valence electrons. The number of piperidine rings is 1. The van der Waals surface area contributed by atoms with Crippen molar-refractivity contribution in [1.82, 2.24) is 15.0 Å². The Balaban J connectivity index is 1.52. The molecule has 0 radical (unpaired) electrons. The van der Waals surface area contributed by atoms with Crippen molar-refractivity contribution in [3.63, 3.8) is 0 Å². The van der Waals surface area contributed by atoms with Gasteiger partial charge >= 0.3 is 0 Å². The topological polar surface area (TPSA) is 59.2 Å². The van der Waals surface area contributed by atoms with Gasteiger partial charge < -0.3 is 9.42 Å². The number of nitrogens with zero attached hydrogens (tertiary/aromatic N) is 3. The Labute approximate surface area is 159 Å². The zero-order valence-electron chi connectivity index (χ0n) is 15.7. The molecule has 1 fully saturated rings. The van der Waals surface area contributed by atoms with Crippen LogP contribution in [0.4, 0.5) is 0 Å². The number of hydrogen-bond donors (Lipinski definition) is 0. The summed E-state index contributed by atoms with van der Waals surface area (Å²) in [5.74, 6) is 1.39. The number of benzene rings is 2. The second-order valence-electron chi connectivity index (χ2n) is 7.23. The van der Waals surface area contributed by atoms with E-state index >= 15 is 0 Å². The third-order valence-corrected chi connectivity index (χ3v) is 5.15.